The van der Waals surface area contributed by atoms with Crippen LogP contribution in [-0.4, -0.2) is 21.1 Å². The molecule has 1 aromatic rings. The van der Waals surface area contributed by atoms with E-state index in [9.17, 15) is 4.79 Å². The Morgan fingerprint density at radius 1 is 1.67 bits per heavy atom. The molecule has 0 radical (unpaired) electrons. The number of carboxylic acid groups (broad SMARTS) is 1. The summed E-state index contributed by atoms with van der Waals surface area (Å²) in [4.78, 5) is 15.0. The smallest absolute Gasteiger partial charge is 0.343 e. The fourth-order valence-electron chi connectivity index (χ4n) is 1.54. The average molecular weight is 330 g/mol. The van der Waals surface area contributed by atoms with Gasteiger partial charge < -0.3 is 15.7 Å². The van der Waals surface area contributed by atoms with E-state index in [-0.39, 0.29) is 0 Å². The fraction of sp³-hybridized carbons (Fsp3) is 0.273. The van der Waals surface area contributed by atoms with Crippen LogP contribution in [0, 0.1) is 0 Å². The Kier molecular flexibility index (Phi) is 3.82. The Morgan fingerprint density at radius 3 is 3.00 bits per heavy atom. The van der Waals surface area contributed by atoms with Crippen molar-refractivity contribution in [2.45, 2.75) is 18.3 Å². The summed E-state index contributed by atoms with van der Waals surface area (Å²) in [6.45, 7) is 1.98. The van der Waals surface area contributed by atoms with Crippen molar-refractivity contribution in [2.24, 2.45) is 0 Å². The molecule has 0 saturated carbocycles. The minimum atomic E-state index is -0.924. The first-order chi connectivity index (χ1) is 8.54. The molecule has 7 heteroatoms. The van der Waals surface area contributed by atoms with Gasteiger partial charge in [-0.3, -0.25) is 0 Å². The molecule has 1 atom stereocenters. The van der Waals surface area contributed by atoms with Crippen LogP contribution < -0.4 is 10.6 Å². The van der Waals surface area contributed by atoms with Crippen LogP contribution in [0.25, 0.3) is 0 Å². The van der Waals surface area contributed by atoms with Gasteiger partial charge >= 0.3 is 5.97 Å². The van der Waals surface area contributed by atoms with Crippen LogP contribution in [0.15, 0.2) is 33.9 Å². The molecule has 96 valence electrons. The van der Waals surface area contributed by atoms with Crippen molar-refractivity contribution < 1.29 is 9.90 Å². The second-order valence-electron chi connectivity index (χ2n) is 3.71. The van der Waals surface area contributed by atoms with Crippen LogP contribution in [-0.2, 0) is 4.79 Å². The van der Waals surface area contributed by atoms with E-state index in [1.165, 1.54) is 18.0 Å². The van der Waals surface area contributed by atoms with Crippen molar-refractivity contribution >= 4 is 39.5 Å². The van der Waals surface area contributed by atoms with Crippen molar-refractivity contribution in [2.75, 3.05) is 5.32 Å². The maximum Gasteiger partial charge on any atom is 0.343 e. The Hall–Kier alpha value is -1.21. The quantitative estimate of drug-likeness (QED) is 0.737. The van der Waals surface area contributed by atoms with Crippen molar-refractivity contribution in [1.82, 2.24) is 10.3 Å². The van der Waals surface area contributed by atoms with Gasteiger partial charge in [0.1, 0.15) is 15.3 Å². The molecule has 2 heterocycles. The van der Waals surface area contributed by atoms with Gasteiger partial charge in [0.2, 0.25) is 0 Å². The summed E-state index contributed by atoms with van der Waals surface area (Å²) in [6, 6.07) is 5.54. The first-order valence-corrected chi connectivity index (χ1v) is 6.96. The molecule has 0 fully saturated rings. The number of nitrogens with zero attached hydrogens (tertiary/aromatic N) is 1. The number of hydrogen-bond donors (Lipinski definition) is 3. The zero-order valence-corrected chi connectivity index (χ0v) is 12.0. The molecule has 0 aliphatic carbocycles. The Morgan fingerprint density at radius 2 is 2.44 bits per heavy atom. The van der Waals surface area contributed by atoms with Crippen LogP contribution in [0.3, 0.4) is 0 Å². The van der Waals surface area contributed by atoms with Crippen LogP contribution in [0.2, 0.25) is 0 Å². The number of halogens is 1. The number of thioether (sulfide) groups is 1. The maximum atomic E-state index is 10.9. The number of aromatic nitrogens is 1. The summed E-state index contributed by atoms with van der Waals surface area (Å²) in [5.41, 5.74) is 0. The zero-order chi connectivity index (χ0) is 13.2. The highest BCUT2D eigenvalue weighted by atomic mass is 79.9. The highest BCUT2D eigenvalue weighted by Gasteiger charge is 2.36. The van der Waals surface area contributed by atoms with Crippen molar-refractivity contribution in [3.63, 3.8) is 0 Å². The van der Waals surface area contributed by atoms with E-state index >= 15 is 0 Å². The number of anilines is 1. The maximum absolute atomic E-state index is 10.9. The SMILES string of the molecule is CCC1(Nc2cccc(Br)n2)NC=C(C(=O)O)S1. The van der Waals surface area contributed by atoms with Gasteiger partial charge in [-0.1, -0.05) is 24.8 Å². The number of carboxylic acids is 1. The molecular formula is C11H12BrN3O2S. The van der Waals surface area contributed by atoms with Gasteiger partial charge in [0.15, 0.2) is 4.99 Å². The Balaban J connectivity index is 2.14. The van der Waals surface area contributed by atoms with E-state index in [4.69, 9.17) is 5.11 Å². The lowest BCUT2D eigenvalue weighted by molar-refractivity contribution is -0.131. The topological polar surface area (TPSA) is 74.2 Å². The molecule has 1 unspecified atom stereocenters. The van der Waals surface area contributed by atoms with E-state index in [1.807, 2.05) is 25.1 Å². The molecular weight excluding hydrogens is 318 g/mol. The number of aliphatic carboxylic acids is 1. The van der Waals surface area contributed by atoms with E-state index in [2.05, 4.69) is 31.5 Å². The summed E-state index contributed by atoms with van der Waals surface area (Å²) in [6.07, 6.45) is 2.22. The van der Waals surface area contributed by atoms with Gasteiger partial charge in [0.05, 0.1) is 0 Å². The molecule has 0 bridgehead atoms. The molecule has 1 aliphatic rings. The van der Waals surface area contributed by atoms with E-state index < -0.39 is 11.0 Å². The predicted molar refractivity (Wildman–Crippen MR) is 75.0 cm³/mol. The van der Waals surface area contributed by atoms with Crippen molar-refractivity contribution in [3.8, 4) is 0 Å². The van der Waals surface area contributed by atoms with Gasteiger partial charge in [0.25, 0.3) is 0 Å². The van der Waals surface area contributed by atoms with E-state index in [1.54, 1.807) is 0 Å². The van der Waals surface area contributed by atoms with Gasteiger partial charge in [-0.05, 0) is 34.5 Å². The molecule has 18 heavy (non-hydrogen) atoms. The molecule has 5 nitrogen and oxygen atoms in total. The zero-order valence-electron chi connectivity index (χ0n) is 9.61. The van der Waals surface area contributed by atoms with E-state index in [0.29, 0.717) is 17.1 Å². The summed E-state index contributed by atoms with van der Waals surface area (Å²) >= 11 is 4.55. The molecule has 0 saturated heterocycles. The van der Waals surface area contributed by atoms with Crippen molar-refractivity contribution in [1.29, 1.82) is 0 Å². The lowest BCUT2D eigenvalue weighted by Gasteiger charge is -2.29. The summed E-state index contributed by atoms with van der Waals surface area (Å²) in [7, 11) is 0. The molecule has 3 N–H and O–H groups in total. The molecule has 1 aliphatic heterocycles. The molecule has 1 aromatic heterocycles. The van der Waals surface area contributed by atoms with Gasteiger partial charge in [-0.25, -0.2) is 9.78 Å². The summed E-state index contributed by atoms with van der Waals surface area (Å²) < 4.78 is 0.730. The van der Waals surface area contributed by atoms with Crippen LogP contribution >= 0.6 is 27.7 Å². The molecule has 2 rings (SSSR count). The van der Waals surface area contributed by atoms with Gasteiger partial charge in [-0.2, -0.15) is 0 Å². The fourth-order valence-corrected chi connectivity index (χ4v) is 2.89. The van der Waals surface area contributed by atoms with Gasteiger partial charge in [0, 0.05) is 6.20 Å². The number of hydrogen-bond acceptors (Lipinski definition) is 5. The van der Waals surface area contributed by atoms with Crippen LogP contribution in [0.5, 0.6) is 0 Å². The minimum Gasteiger partial charge on any atom is -0.477 e. The van der Waals surface area contributed by atoms with Crippen LogP contribution in [0.1, 0.15) is 13.3 Å². The summed E-state index contributed by atoms with van der Waals surface area (Å²) in [5.74, 6) is -0.238. The highest BCUT2D eigenvalue weighted by Crippen LogP contribution is 2.38. The second kappa shape index (κ2) is 5.19. The summed E-state index contributed by atoms with van der Waals surface area (Å²) in [5, 5.41) is 15.3. The predicted octanol–water partition coefficient (Wildman–Crippen LogP) is 2.58. The van der Waals surface area contributed by atoms with E-state index in [0.717, 1.165) is 4.60 Å². The Bertz CT molecular complexity index is 509. The minimum absolute atomic E-state index is 0.291. The molecule has 0 aromatic carbocycles. The number of rotatable bonds is 4. The normalized spacial score (nSPS) is 22.2. The first kappa shape index (κ1) is 13.2. The van der Waals surface area contributed by atoms with Gasteiger partial charge in [-0.15, -0.1) is 0 Å². The number of pyridine rings is 1. The standard InChI is InChI=1S/C11H12BrN3O2S/c1-2-11(13-6-7(18-11)10(16)17)15-9-5-3-4-8(12)14-9/h3-6,13H,2H2,1H3,(H,14,15)(H,16,17). The molecule has 0 amide bonds. The largest absolute Gasteiger partial charge is 0.477 e. The molecule has 0 spiro atoms. The van der Waals surface area contributed by atoms with Crippen LogP contribution in [0.4, 0.5) is 5.82 Å². The second-order valence-corrected chi connectivity index (χ2v) is 5.86. The number of nitrogens with one attached hydrogen (secondary N) is 2. The third-order valence-corrected chi connectivity index (χ3v) is 4.29. The highest BCUT2D eigenvalue weighted by molar-refractivity contribution is 9.10. The number of carbonyl (C=O) groups is 1. The first-order valence-electron chi connectivity index (χ1n) is 5.35. The lowest BCUT2D eigenvalue weighted by atomic mass is 10.3. The van der Waals surface area contributed by atoms with Crippen molar-refractivity contribution in [3.05, 3.63) is 33.9 Å². The Labute approximate surface area is 117 Å². The third-order valence-electron chi connectivity index (χ3n) is 2.47. The lowest BCUT2D eigenvalue weighted by Crippen LogP contribution is -2.43. The monoisotopic (exact) mass is 329 g/mol. The average Bonchev–Trinajstić information content (AvgIpc) is 2.74. The third kappa shape index (κ3) is 2.78.